The van der Waals surface area contributed by atoms with Gasteiger partial charge in [0.25, 0.3) is 0 Å². The Morgan fingerprint density at radius 1 is 1.00 bits per heavy atom. The van der Waals surface area contributed by atoms with Crippen LogP contribution in [-0.4, -0.2) is 56.9 Å². The average molecular weight is 355 g/mol. The molecule has 3 amide bonds. The SMILES string of the molecule is N=BNC(=O)[C@@H]1CCCC[C@@H]1C(=O)NCCNCC(=O)NCCS. The van der Waals surface area contributed by atoms with E-state index in [0.717, 1.165) is 20.0 Å². The quantitative estimate of drug-likeness (QED) is 0.172. The average Bonchev–Trinajstić information content (AvgIpc) is 2.59. The summed E-state index contributed by atoms with van der Waals surface area (Å²) < 4.78 is 0. The van der Waals surface area contributed by atoms with Gasteiger partial charge < -0.3 is 0 Å². The molecule has 0 aromatic heterocycles. The molecule has 1 aliphatic carbocycles. The van der Waals surface area contributed by atoms with Crippen molar-refractivity contribution in [1.82, 2.24) is 21.2 Å². The van der Waals surface area contributed by atoms with Gasteiger partial charge in [0.2, 0.25) is 0 Å². The summed E-state index contributed by atoms with van der Waals surface area (Å²) in [4.78, 5) is 35.6. The molecular formula is C14H26BN5O3S. The van der Waals surface area contributed by atoms with Crippen LogP contribution in [0.5, 0.6) is 0 Å². The van der Waals surface area contributed by atoms with Crippen LogP contribution in [0.3, 0.4) is 0 Å². The molecule has 1 aliphatic rings. The first-order valence-electron chi connectivity index (χ1n) is 8.25. The fraction of sp³-hybridized carbons (Fsp3) is 0.786. The van der Waals surface area contributed by atoms with Gasteiger partial charge in [-0.05, 0) is 0 Å². The van der Waals surface area contributed by atoms with E-state index in [4.69, 9.17) is 5.31 Å². The number of rotatable bonds is 10. The number of thiol groups is 1. The van der Waals surface area contributed by atoms with Gasteiger partial charge in [0.1, 0.15) is 0 Å². The van der Waals surface area contributed by atoms with Crippen molar-refractivity contribution < 1.29 is 14.4 Å². The number of carbonyl (C=O) groups excluding carboxylic acids is 3. The van der Waals surface area contributed by atoms with E-state index in [1.165, 1.54) is 0 Å². The molecule has 10 heteroatoms. The third-order valence-corrected chi connectivity index (χ3v) is 4.20. The summed E-state index contributed by atoms with van der Waals surface area (Å²) in [6.07, 6.45) is 3.20. The Kier molecular flexibility index (Phi) is 10.3. The van der Waals surface area contributed by atoms with Crippen molar-refractivity contribution in [3.63, 3.8) is 0 Å². The van der Waals surface area contributed by atoms with Crippen molar-refractivity contribution in [3.8, 4) is 0 Å². The molecule has 0 spiro atoms. The van der Waals surface area contributed by atoms with Gasteiger partial charge in [0.05, 0.1) is 0 Å². The molecule has 8 nitrogen and oxygen atoms in total. The molecule has 1 fully saturated rings. The Balaban J connectivity index is 2.28. The van der Waals surface area contributed by atoms with Gasteiger partial charge in [-0.25, -0.2) is 0 Å². The van der Waals surface area contributed by atoms with Crippen molar-refractivity contribution in [2.45, 2.75) is 25.7 Å². The first kappa shape index (κ1) is 20.6. The van der Waals surface area contributed by atoms with Gasteiger partial charge in [-0.15, -0.1) is 0 Å². The minimum absolute atomic E-state index is 0.106. The van der Waals surface area contributed by atoms with Crippen LogP contribution in [0.4, 0.5) is 0 Å². The minimum atomic E-state index is -0.375. The van der Waals surface area contributed by atoms with Crippen molar-refractivity contribution in [1.29, 1.82) is 5.31 Å². The molecule has 0 aromatic carbocycles. The first-order valence-corrected chi connectivity index (χ1v) is 8.88. The van der Waals surface area contributed by atoms with E-state index < -0.39 is 0 Å². The molecular weight excluding hydrogens is 329 g/mol. The third kappa shape index (κ3) is 7.44. The van der Waals surface area contributed by atoms with Gasteiger partial charge >= 0.3 is 123 Å². The second-order valence-corrected chi connectivity index (χ2v) is 6.14. The van der Waals surface area contributed by atoms with Crippen LogP contribution < -0.4 is 21.2 Å². The molecule has 0 radical (unpaired) electrons. The number of nitrogens with one attached hydrogen (secondary N) is 5. The zero-order valence-corrected chi connectivity index (χ0v) is 14.7. The number of amides is 3. The van der Waals surface area contributed by atoms with Crippen molar-refractivity contribution in [2.24, 2.45) is 11.8 Å². The normalized spacial score (nSPS) is 19.9. The van der Waals surface area contributed by atoms with Gasteiger partial charge in [-0.2, -0.15) is 12.6 Å². The standard InChI is InChI=1S/C14H26BN5O3S/c16-15-20-14(23)11-4-2-1-3-10(11)13(22)19-6-5-17-9-12(21)18-7-8-24/h10-11,16-17,24H,1-9H2,(H,18,21)(H,19,22)(H,20,23)/t10-,11+/m0/s1. The first-order chi connectivity index (χ1) is 11.6. The summed E-state index contributed by atoms with van der Waals surface area (Å²) in [5, 5.41) is 17.8. The van der Waals surface area contributed by atoms with Crippen LogP contribution >= 0.6 is 12.6 Å². The fourth-order valence-electron chi connectivity index (χ4n) is 2.80. The van der Waals surface area contributed by atoms with Crippen molar-refractivity contribution >= 4 is 37.6 Å². The summed E-state index contributed by atoms with van der Waals surface area (Å²) in [6, 6.07) is 0. The van der Waals surface area contributed by atoms with E-state index >= 15 is 0 Å². The molecule has 0 unspecified atom stereocenters. The maximum atomic E-state index is 12.3. The Morgan fingerprint density at radius 3 is 2.29 bits per heavy atom. The summed E-state index contributed by atoms with van der Waals surface area (Å²) in [5.41, 5.74) is 0. The minimum Gasteiger partial charge on any atom is -0.178 e. The molecule has 134 valence electrons. The van der Waals surface area contributed by atoms with Crippen LogP contribution in [0, 0.1) is 17.1 Å². The Morgan fingerprint density at radius 2 is 1.67 bits per heavy atom. The van der Waals surface area contributed by atoms with E-state index in [1.54, 1.807) is 0 Å². The second kappa shape index (κ2) is 12.0. The summed E-state index contributed by atoms with van der Waals surface area (Å²) in [5.74, 6) is -0.635. The van der Waals surface area contributed by atoms with E-state index in [2.05, 4.69) is 33.8 Å². The molecule has 0 aliphatic heterocycles. The second-order valence-electron chi connectivity index (χ2n) is 5.69. The monoisotopic (exact) mass is 355 g/mol. The van der Waals surface area contributed by atoms with Crippen LogP contribution in [0.1, 0.15) is 25.7 Å². The molecule has 0 bridgehead atoms. The topological polar surface area (TPSA) is 123 Å². The van der Waals surface area contributed by atoms with Crippen LogP contribution in [-0.2, 0) is 14.4 Å². The van der Waals surface area contributed by atoms with Gasteiger partial charge in [0, 0.05) is 12.3 Å². The van der Waals surface area contributed by atoms with Gasteiger partial charge in [0.15, 0.2) is 0 Å². The van der Waals surface area contributed by atoms with Crippen LogP contribution in [0.2, 0.25) is 0 Å². The van der Waals surface area contributed by atoms with Gasteiger partial charge in [-0.3, -0.25) is 0 Å². The molecule has 0 saturated heterocycles. The van der Waals surface area contributed by atoms with Gasteiger partial charge in [-0.1, -0.05) is 0 Å². The molecule has 0 aromatic rings. The summed E-state index contributed by atoms with van der Waals surface area (Å²) >= 11 is 4.00. The molecule has 1 rings (SSSR count). The predicted octanol–water partition coefficient (Wildman–Crippen LogP) is -0.958. The van der Waals surface area contributed by atoms with Crippen LogP contribution in [0.25, 0.3) is 0 Å². The number of hydrogen-bond acceptors (Lipinski definition) is 6. The van der Waals surface area contributed by atoms with E-state index in [-0.39, 0.29) is 36.1 Å². The fourth-order valence-corrected chi connectivity index (χ4v) is 2.91. The third-order valence-electron chi connectivity index (χ3n) is 3.97. The maximum absolute atomic E-state index is 12.3. The Hall–Kier alpha value is -1.42. The van der Waals surface area contributed by atoms with Crippen molar-refractivity contribution in [3.05, 3.63) is 0 Å². The Labute approximate surface area is 148 Å². The Bertz CT molecular complexity index is 452. The summed E-state index contributed by atoms with van der Waals surface area (Å²) in [6.45, 7) is 1.59. The van der Waals surface area contributed by atoms with E-state index in [0.29, 0.717) is 38.2 Å². The predicted molar refractivity (Wildman–Crippen MR) is 94.8 cm³/mol. The van der Waals surface area contributed by atoms with Crippen molar-refractivity contribution in [2.75, 3.05) is 31.9 Å². The smallest absolute Gasteiger partial charge is 0.178 e. The zero-order valence-electron chi connectivity index (χ0n) is 13.8. The number of carbonyl (C=O) groups is 3. The molecule has 1 saturated carbocycles. The number of hydrogen-bond donors (Lipinski definition) is 6. The molecule has 2 atom stereocenters. The molecule has 24 heavy (non-hydrogen) atoms. The van der Waals surface area contributed by atoms with E-state index in [9.17, 15) is 14.4 Å². The summed E-state index contributed by atoms with van der Waals surface area (Å²) in [7, 11) is 0.856. The molecule has 0 heterocycles. The molecule has 5 N–H and O–H groups in total. The zero-order chi connectivity index (χ0) is 17.8. The van der Waals surface area contributed by atoms with Crippen LogP contribution in [0.15, 0.2) is 0 Å². The van der Waals surface area contributed by atoms with E-state index in [1.807, 2.05) is 0 Å².